The normalized spacial score (nSPS) is 17.7. The number of imidazole rings is 1. The molecule has 0 bridgehead atoms. The second-order valence-corrected chi connectivity index (χ2v) is 9.69. The molecule has 2 aromatic heterocycles. The number of benzene rings is 1. The lowest BCUT2D eigenvalue weighted by Gasteiger charge is -2.21. The zero-order valence-electron chi connectivity index (χ0n) is 16.4. The van der Waals surface area contributed by atoms with Crippen LogP contribution < -0.4 is 0 Å². The lowest BCUT2D eigenvalue weighted by atomic mass is 9.83. The number of thiophene rings is 1. The molecule has 1 aromatic carbocycles. The van der Waals surface area contributed by atoms with Crippen LogP contribution in [0, 0.1) is 12.3 Å². The van der Waals surface area contributed by atoms with E-state index in [1.54, 1.807) is 11.1 Å². The van der Waals surface area contributed by atoms with E-state index < -0.39 is 0 Å². The zero-order valence-corrected chi connectivity index (χ0v) is 17.2. The Balaban J connectivity index is 1.50. The van der Waals surface area contributed by atoms with Crippen molar-refractivity contribution in [2.24, 2.45) is 5.41 Å². The first-order valence-corrected chi connectivity index (χ1v) is 11.2. The van der Waals surface area contributed by atoms with E-state index in [1.807, 2.05) is 17.5 Å². The van der Waals surface area contributed by atoms with Gasteiger partial charge in [0.05, 0.1) is 16.8 Å². The number of rotatable bonds is 4. The Morgan fingerprint density at radius 3 is 2.63 bits per heavy atom. The first-order chi connectivity index (χ1) is 13.2. The first-order valence-electron chi connectivity index (χ1n) is 10.4. The summed E-state index contributed by atoms with van der Waals surface area (Å²) in [4.78, 5) is 10.7. The van der Waals surface area contributed by atoms with E-state index in [0.29, 0.717) is 5.41 Å². The maximum Gasteiger partial charge on any atom is 0.106 e. The van der Waals surface area contributed by atoms with E-state index in [0.717, 1.165) is 24.4 Å². The first kappa shape index (κ1) is 17.2. The van der Waals surface area contributed by atoms with Crippen molar-refractivity contribution in [1.29, 1.82) is 0 Å². The van der Waals surface area contributed by atoms with Gasteiger partial charge in [0.2, 0.25) is 0 Å². The summed E-state index contributed by atoms with van der Waals surface area (Å²) in [5.41, 5.74) is 7.99. The third-order valence-electron chi connectivity index (χ3n) is 6.69. The van der Waals surface area contributed by atoms with Gasteiger partial charge in [-0.05, 0) is 78.8 Å². The molecule has 0 radical (unpaired) electrons. The largest absolute Gasteiger partial charge is 0.341 e. The second-order valence-electron chi connectivity index (χ2n) is 8.61. The molecule has 2 aliphatic rings. The van der Waals surface area contributed by atoms with Crippen LogP contribution in [0.5, 0.6) is 0 Å². The minimum absolute atomic E-state index is 0.571. The van der Waals surface area contributed by atoms with Crippen LogP contribution in [-0.4, -0.2) is 9.97 Å². The molecule has 0 unspecified atom stereocenters. The van der Waals surface area contributed by atoms with Crippen molar-refractivity contribution in [3.8, 4) is 21.0 Å². The second kappa shape index (κ2) is 6.63. The van der Waals surface area contributed by atoms with E-state index in [4.69, 9.17) is 0 Å². The molecule has 27 heavy (non-hydrogen) atoms. The van der Waals surface area contributed by atoms with Crippen molar-refractivity contribution < 1.29 is 0 Å². The zero-order chi connectivity index (χ0) is 18.4. The summed E-state index contributed by atoms with van der Waals surface area (Å²) in [6.45, 7) is 4.50. The monoisotopic (exact) mass is 376 g/mol. The molecule has 2 nitrogen and oxygen atoms in total. The highest BCUT2D eigenvalue weighted by molar-refractivity contribution is 7.18. The number of hydrogen-bond donors (Lipinski definition) is 1. The van der Waals surface area contributed by atoms with Crippen molar-refractivity contribution in [1.82, 2.24) is 9.97 Å². The Morgan fingerprint density at radius 1 is 1.04 bits per heavy atom. The van der Waals surface area contributed by atoms with Crippen LogP contribution in [0.2, 0.25) is 0 Å². The highest BCUT2D eigenvalue weighted by atomic mass is 32.1. The molecular weight excluding hydrogens is 348 g/mol. The van der Waals surface area contributed by atoms with E-state index in [1.165, 1.54) is 59.4 Å². The van der Waals surface area contributed by atoms with Gasteiger partial charge in [-0.25, -0.2) is 4.98 Å². The highest BCUT2D eigenvalue weighted by Gasteiger charge is 2.41. The molecule has 2 aliphatic carbocycles. The maximum absolute atomic E-state index is 4.53. The van der Waals surface area contributed by atoms with Crippen molar-refractivity contribution in [2.45, 2.75) is 65.2 Å². The molecule has 0 saturated heterocycles. The Bertz CT molecular complexity index is 972. The molecule has 1 N–H and O–H groups in total. The topological polar surface area (TPSA) is 28.7 Å². The van der Waals surface area contributed by atoms with Crippen molar-refractivity contribution in [3.63, 3.8) is 0 Å². The molecule has 0 amide bonds. The fourth-order valence-electron chi connectivity index (χ4n) is 5.26. The molecule has 140 valence electrons. The summed E-state index contributed by atoms with van der Waals surface area (Å²) in [6.07, 6.45) is 12.4. The number of fused-ring (bicyclic) bond motifs is 1. The molecule has 2 heterocycles. The molecule has 0 atom stereocenters. The minimum Gasteiger partial charge on any atom is -0.341 e. The number of hydrogen-bond acceptors (Lipinski definition) is 2. The summed E-state index contributed by atoms with van der Waals surface area (Å²) < 4.78 is 0. The third kappa shape index (κ3) is 2.97. The molecule has 1 spiro atoms. The quantitative estimate of drug-likeness (QED) is 0.537. The molecule has 5 rings (SSSR count). The lowest BCUT2D eigenvalue weighted by molar-refractivity contribution is 0.318. The number of aromatic amines is 1. The van der Waals surface area contributed by atoms with Gasteiger partial charge in [-0.15, -0.1) is 11.3 Å². The van der Waals surface area contributed by atoms with Crippen LogP contribution in [0.15, 0.2) is 30.5 Å². The average molecular weight is 377 g/mol. The number of H-pyrrole nitrogens is 1. The molecule has 1 fully saturated rings. The SMILES string of the molecule is CCCc1ncc(-c2ccc(-c3ccc(C)c4c3CC3(CCCC3)C4)s2)[nH]1. The number of aryl methyl sites for hydroxylation is 2. The predicted molar refractivity (Wildman–Crippen MR) is 114 cm³/mol. The molecule has 1 saturated carbocycles. The van der Waals surface area contributed by atoms with Gasteiger partial charge >= 0.3 is 0 Å². The Hall–Kier alpha value is -1.87. The number of nitrogens with zero attached hydrogens (tertiary/aromatic N) is 1. The molecule has 3 aromatic rings. The van der Waals surface area contributed by atoms with Crippen LogP contribution in [0.3, 0.4) is 0 Å². The van der Waals surface area contributed by atoms with Gasteiger partial charge in [-0.1, -0.05) is 31.9 Å². The maximum atomic E-state index is 4.53. The molecule has 3 heteroatoms. The lowest BCUT2D eigenvalue weighted by Crippen LogP contribution is -2.15. The summed E-state index contributed by atoms with van der Waals surface area (Å²) in [6, 6.07) is 9.28. The van der Waals surface area contributed by atoms with Crippen molar-refractivity contribution in [3.05, 3.63) is 53.0 Å². The third-order valence-corrected chi connectivity index (χ3v) is 7.84. The van der Waals surface area contributed by atoms with Gasteiger partial charge in [0, 0.05) is 11.3 Å². The Labute approximate surface area is 166 Å². The fraction of sp³-hybridized carbons (Fsp3) is 0.458. The van der Waals surface area contributed by atoms with Crippen molar-refractivity contribution >= 4 is 11.3 Å². The average Bonchev–Trinajstić information content (AvgIpc) is 3.43. The molecular formula is C24H28N2S. The van der Waals surface area contributed by atoms with E-state index in [-0.39, 0.29) is 0 Å². The predicted octanol–water partition coefficient (Wildman–Crippen LogP) is 6.73. The van der Waals surface area contributed by atoms with Crippen LogP contribution in [0.25, 0.3) is 21.0 Å². The van der Waals surface area contributed by atoms with Crippen molar-refractivity contribution in [2.75, 3.05) is 0 Å². The van der Waals surface area contributed by atoms with Gasteiger partial charge < -0.3 is 4.98 Å². The fourth-order valence-corrected chi connectivity index (χ4v) is 6.28. The summed E-state index contributed by atoms with van der Waals surface area (Å²) in [7, 11) is 0. The van der Waals surface area contributed by atoms with Crippen LogP contribution in [0.4, 0.5) is 0 Å². The number of aromatic nitrogens is 2. The standard InChI is InChI=1S/C24H28N2S/c1-3-6-23-25-15-20(26-23)22-10-9-21(27-22)17-8-7-16(2)18-13-24(14-19(17)18)11-4-5-12-24/h7-10,15H,3-6,11-14H2,1-2H3,(H,25,26). The summed E-state index contributed by atoms with van der Waals surface area (Å²) in [5, 5.41) is 0. The Kier molecular flexibility index (Phi) is 4.23. The minimum atomic E-state index is 0.571. The van der Waals surface area contributed by atoms with Crippen LogP contribution >= 0.6 is 11.3 Å². The van der Waals surface area contributed by atoms with E-state index >= 15 is 0 Å². The highest BCUT2D eigenvalue weighted by Crippen LogP contribution is 2.52. The van der Waals surface area contributed by atoms with Gasteiger partial charge in [0.15, 0.2) is 0 Å². The Morgan fingerprint density at radius 2 is 1.81 bits per heavy atom. The van der Waals surface area contributed by atoms with Crippen LogP contribution in [0.1, 0.15) is 61.5 Å². The van der Waals surface area contributed by atoms with E-state index in [2.05, 4.69) is 48.1 Å². The van der Waals surface area contributed by atoms with Crippen LogP contribution in [-0.2, 0) is 19.3 Å². The van der Waals surface area contributed by atoms with Gasteiger partial charge in [-0.2, -0.15) is 0 Å². The van der Waals surface area contributed by atoms with Gasteiger partial charge in [-0.3, -0.25) is 0 Å². The molecule has 0 aliphatic heterocycles. The number of nitrogens with one attached hydrogen (secondary N) is 1. The smallest absolute Gasteiger partial charge is 0.106 e. The summed E-state index contributed by atoms with van der Waals surface area (Å²) >= 11 is 1.90. The van der Waals surface area contributed by atoms with Gasteiger partial charge in [0.1, 0.15) is 5.82 Å². The van der Waals surface area contributed by atoms with Gasteiger partial charge in [0.25, 0.3) is 0 Å². The van der Waals surface area contributed by atoms with E-state index in [9.17, 15) is 0 Å². The summed E-state index contributed by atoms with van der Waals surface area (Å²) in [5.74, 6) is 1.10.